The zero-order valence-electron chi connectivity index (χ0n) is 16.9. The molecule has 3 aromatic carbocycles. The summed E-state index contributed by atoms with van der Waals surface area (Å²) in [6, 6.07) is 25.8. The first-order valence-electron chi connectivity index (χ1n) is 9.83. The van der Waals surface area contributed by atoms with E-state index in [1.807, 2.05) is 60.7 Å². The van der Waals surface area contributed by atoms with Crippen LogP contribution in [0.5, 0.6) is 0 Å². The lowest BCUT2D eigenvalue weighted by Gasteiger charge is -2.07. The van der Waals surface area contributed by atoms with Crippen LogP contribution in [0.2, 0.25) is 0 Å². The Hall–Kier alpha value is -4.26. The SMILES string of the molecule is Cc1[nH]n(-c2ccccc2)c(=O)c1N=Nc1ccccc1C(=O)NCc1ccccc1. The number of carbonyl (C=O) groups excluding carboxylic acids is 1. The monoisotopic (exact) mass is 411 g/mol. The second kappa shape index (κ2) is 9.04. The fraction of sp³-hybridized carbons (Fsp3) is 0.0833. The van der Waals surface area contributed by atoms with Gasteiger partial charge in [-0.25, -0.2) is 4.68 Å². The molecule has 0 atom stereocenters. The Morgan fingerprint density at radius 3 is 2.29 bits per heavy atom. The molecular weight excluding hydrogens is 390 g/mol. The van der Waals surface area contributed by atoms with Crippen LogP contribution in [0.15, 0.2) is 100.0 Å². The summed E-state index contributed by atoms with van der Waals surface area (Å²) in [4.78, 5) is 25.5. The summed E-state index contributed by atoms with van der Waals surface area (Å²) in [5, 5.41) is 14.3. The van der Waals surface area contributed by atoms with Crippen molar-refractivity contribution >= 4 is 17.3 Å². The Bertz CT molecular complexity index is 1270. The predicted octanol–water partition coefficient (Wildman–Crippen LogP) is 4.82. The molecule has 0 fully saturated rings. The smallest absolute Gasteiger partial charge is 0.299 e. The third kappa shape index (κ3) is 4.51. The van der Waals surface area contributed by atoms with Crippen molar-refractivity contribution in [3.63, 3.8) is 0 Å². The first kappa shape index (κ1) is 20.0. The van der Waals surface area contributed by atoms with Crippen molar-refractivity contribution in [1.82, 2.24) is 15.1 Å². The standard InChI is InChI=1S/C24H21N5O2/c1-17-22(24(31)29(28-17)19-12-6-3-7-13-19)27-26-21-15-9-8-14-20(21)23(30)25-16-18-10-4-2-5-11-18/h2-15,28H,16H2,1H3,(H,25,30). The molecule has 4 rings (SSSR count). The molecule has 2 N–H and O–H groups in total. The van der Waals surface area contributed by atoms with Crippen molar-refractivity contribution in [2.24, 2.45) is 10.2 Å². The number of azo groups is 1. The van der Waals surface area contributed by atoms with E-state index in [2.05, 4.69) is 20.6 Å². The zero-order chi connectivity index (χ0) is 21.6. The lowest BCUT2D eigenvalue weighted by molar-refractivity contribution is 0.0951. The summed E-state index contributed by atoms with van der Waals surface area (Å²) in [6.45, 7) is 2.16. The molecule has 0 bridgehead atoms. The largest absolute Gasteiger partial charge is 0.348 e. The highest BCUT2D eigenvalue weighted by Gasteiger charge is 2.14. The number of H-pyrrole nitrogens is 1. The normalized spacial score (nSPS) is 11.0. The van der Waals surface area contributed by atoms with Gasteiger partial charge in [-0.05, 0) is 36.8 Å². The molecule has 0 saturated heterocycles. The highest BCUT2D eigenvalue weighted by molar-refractivity contribution is 5.98. The molecule has 154 valence electrons. The van der Waals surface area contributed by atoms with E-state index in [9.17, 15) is 9.59 Å². The van der Waals surface area contributed by atoms with Gasteiger partial charge in [-0.15, -0.1) is 10.2 Å². The van der Waals surface area contributed by atoms with Gasteiger partial charge in [-0.2, -0.15) is 0 Å². The van der Waals surface area contributed by atoms with Gasteiger partial charge in [0, 0.05) is 6.54 Å². The second-order valence-corrected chi connectivity index (χ2v) is 6.95. The van der Waals surface area contributed by atoms with Crippen LogP contribution in [0.3, 0.4) is 0 Å². The molecule has 0 aliphatic carbocycles. The van der Waals surface area contributed by atoms with Gasteiger partial charge < -0.3 is 5.32 Å². The molecule has 1 amide bonds. The van der Waals surface area contributed by atoms with Crippen LogP contribution in [0.25, 0.3) is 5.69 Å². The molecule has 0 saturated carbocycles. The molecule has 31 heavy (non-hydrogen) atoms. The molecule has 1 aromatic heterocycles. The molecule has 7 heteroatoms. The lowest BCUT2D eigenvalue weighted by Crippen LogP contribution is -2.22. The number of carbonyl (C=O) groups is 1. The summed E-state index contributed by atoms with van der Waals surface area (Å²) in [7, 11) is 0. The van der Waals surface area contributed by atoms with Gasteiger partial charge in [-0.1, -0.05) is 60.7 Å². The fourth-order valence-corrected chi connectivity index (χ4v) is 3.14. The van der Waals surface area contributed by atoms with Crippen molar-refractivity contribution in [3.05, 3.63) is 112 Å². The molecule has 0 aliphatic heterocycles. The average Bonchev–Trinajstić information content (AvgIpc) is 3.10. The number of hydrogen-bond acceptors (Lipinski definition) is 4. The van der Waals surface area contributed by atoms with Crippen molar-refractivity contribution in [1.29, 1.82) is 0 Å². The van der Waals surface area contributed by atoms with Crippen LogP contribution in [0, 0.1) is 6.92 Å². The van der Waals surface area contributed by atoms with Crippen LogP contribution in [0.1, 0.15) is 21.6 Å². The van der Waals surface area contributed by atoms with Gasteiger partial charge in [0.1, 0.15) is 0 Å². The predicted molar refractivity (Wildman–Crippen MR) is 119 cm³/mol. The maximum absolute atomic E-state index is 12.8. The Morgan fingerprint density at radius 1 is 0.903 bits per heavy atom. The Kier molecular flexibility index (Phi) is 5.84. The van der Waals surface area contributed by atoms with E-state index in [1.54, 1.807) is 31.2 Å². The number of hydrogen-bond donors (Lipinski definition) is 2. The lowest BCUT2D eigenvalue weighted by atomic mass is 10.1. The number of para-hydroxylation sites is 1. The van der Waals surface area contributed by atoms with Gasteiger partial charge in [0.15, 0.2) is 5.69 Å². The molecule has 0 aliphatic rings. The van der Waals surface area contributed by atoms with E-state index < -0.39 is 0 Å². The van der Waals surface area contributed by atoms with Crippen molar-refractivity contribution in [2.75, 3.05) is 0 Å². The number of aromatic nitrogens is 2. The summed E-state index contributed by atoms with van der Waals surface area (Å²) < 4.78 is 1.42. The summed E-state index contributed by atoms with van der Waals surface area (Å²) in [5.74, 6) is -0.258. The summed E-state index contributed by atoms with van der Waals surface area (Å²) in [5.41, 5.74) is 2.96. The minimum atomic E-state index is -0.307. The molecule has 7 nitrogen and oxygen atoms in total. The van der Waals surface area contributed by atoms with Gasteiger partial charge >= 0.3 is 0 Å². The molecule has 4 aromatic rings. The number of amides is 1. The van der Waals surface area contributed by atoms with Gasteiger partial charge in [0.2, 0.25) is 0 Å². The van der Waals surface area contributed by atoms with Crippen LogP contribution in [-0.4, -0.2) is 15.7 Å². The number of nitrogens with one attached hydrogen (secondary N) is 2. The summed E-state index contributed by atoms with van der Waals surface area (Å²) >= 11 is 0. The number of benzene rings is 3. The Balaban J connectivity index is 1.57. The van der Waals surface area contributed by atoms with E-state index in [4.69, 9.17) is 0 Å². The van der Waals surface area contributed by atoms with E-state index in [0.29, 0.717) is 29.2 Å². The first-order valence-corrected chi connectivity index (χ1v) is 9.83. The van der Waals surface area contributed by atoms with Gasteiger partial charge in [0.05, 0.1) is 22.6 Å². The number of aromatic amines is 1. The van der Waals surface area contributed by atoms with Gasteiger partial charge in [0.25, 0.3) is 11.5 Å². The van der Waals surface area contributed by atoms with Crippen molar-refractivity contribution < 1.29 is 4.79 Å². The fourth-order valence-electron chi connectivity index (χ4n) is 3.14. The minimum Gasteiger partial charge on any atom is -0.348 e. The topological polar surface area (TPSA) is 91.6 Å². The quantitative estimate of drug-likeness (QED) is 0.445. The van der Waals surface area contributed by atoms with E-state index >= 15 is 0 Å². The maximum Gasteiger partial charge on any atom is 0.299 e. The highest BCUT2D eigenvalue weighted by Crippen LogP contribution is 2.22. The first-order chi connectivity index (χ1) is 15.1. The molecule has 1 heterocycles. The van der Waals surface area contributed by atoms with E-state index in [0.717, 1.165) is 5.56 Å². The van der Waals surface area contributed by atoms with Gasteiger partial charge in [-0.3, -0.25) is 14.7 Å². The van der Waals surface area contributed by atoms with Crippen LogP contribution >= 0.6 is 0 Å². The Labute approximate surface area is 179 Å². The van der Waals surface area contributed by atoms with Crippen LogP contribution < -0.4 is 10.9 Å². The van der Waals surface area contributed by atoms with E-state index in [1.165, 1.54) is 4.68 Å². The average molecular weight is 411 g/mol. The van der Waals surface area contributed by atoms with Crippen LogP contribution in [-0.2, 0) is 6.54 Å². The number of rotatable bonds is 6. The molecule has 0 unspecified atom stereocenters. The summed E-state index contributed by atoms with van der Waals surface area (Å²) in [6.07, 6.45) is 0. The maximum atomic E-state index is 12.8. The molecule has 0 spiro atoms. The molecule has 0 radical (unpaired) electrons. The zero-order valence-corrected chi connectivity index (χ0v) is 16.9. The van der Waals surface area contributed by atoms with E-state index in [-0.39, 0.29) is 17.2 Å². The number of nitrogens with zero attached hydrogens (tertiary/aromatic N) is 3. The third-order valence-electron chi connectivity index (χ3n) is 4.76. The molecular formula is C24H21N5O2. The third-order valence-corrected chi connectivity index (χ3v) is 4.76. The Morgan fingerprint density at radius 2 is 1.55 bits per heavy atom. The minimum absolute atomic E-state index is 0.198. The number of aryl methyl sites for hydroxylation is 1. The second-order valence-electron chi connectivity index (χ2n) is 6.95. The van der Waals surface area contributed by atoms with Crippen LogP contribution in [0.4, 0.5) is 11.4 Å². The highest BCUT2D eigenvalue weighted by atomic mass is 16.1. The van der Waals surface area contributed by atoms with Crippen molar-refractivity contribution in [3.8, 4) is 5.69 Å². The van der Waals surface area contributed by atoms with Crippen molar-refractivity contribution in [2.45, 2.75) is 13.5 Å².